The Morgan fingerprint density at radius 3 is 3.11 bits per heavy atom. The van der Waals surface area contributed by atoms with E-state index in [1.54, 1.807) is 17.5 Å². The zero-order valence-corrected chi connectivity index (χ0v) is 10.8. The molecule has 0 spiro atoms. The highest BCUT2D eigenvalue weighted by atomic mass is 32.1. The number of nitrogens with one attached hydrogen (secondary N) is 1. The molecule has 3 rings (SSSR count). The van der Waals surface area contributed by atoms with Crippen molar-refractivity contribution in [2.45, 2.75) is 25.8 Å². The normalized spacial score (nSPS) is 13.3. The molecule has 0 fully saturated rings. The lowest BCUT2D eigenvalue weighted by Crippen LogP contribution is -2.22. The first-order chi connectivity index (χ1) is 8.83. The van der Waals surface area contributed by atoms with Crippen molar-refractivity contribution in [1.29, 1.82) is 0 Å². The van der Waals surface area contributed by atoms with Crippen LogP contribution < -0.4 is 5.32 Å². The summed E-state index contributed by atoms with van der Waals surface area (Å²) in [6, 6.07) is 7.75. The van der Waals surface area contributed by atoms with E-state index in [4.69, 9.17) is 0 Å². The average molecular weight is 258 g/mol. The van der Waals surface area contributed by atoms with E-state index in [9.17, 15) is 4.79 Å². The number of carbonyl (C=O) groups excluding carboxylic acids is 1. The molecule has 92 valence electrons. The average Bonchev–Trinajstić information content (AvgIpc) is 2.98. The van der Waals surface area contributed by atoms with Gasteiger partial charge in [-0.3, -0.25) is 9.78 Å². The number of carbonyl (C=O) groups is 1. The van der Waals surface area contributed by atoms with Crippen LogP contribution in [0.2, 0.25) is 0 Å². The third kappa shape index (κ3) is 2.29. The summed E-state index contributed by atoms with van der Waals surface area (Å²) in [7, 11) is 0. The number of pyridine rings is 1. The van der Waals surface area contributed by atoms with Crippen LogP contribution in [0, 0.1) is 0 Å². The fourth-order valence-electron chi connectivity index (χ4n) is 2.20. The van der Waals surface area contributed by atoms with Crippen molar-refractivity contribution in [2.75, 3.05) is 0 Å². The van der Waals surface area contributed by atoms with Crippen LogP contribution in [0.4, 0.5) is 0 Å². The molecule has 0 aromatic carbocycles. The number of thiophene rings is 1. The van der Waals surface area contributed by atoms with Gasteiger partial charge in [0.15, 0.2) is 0 Å². The summed E-state index contributed by atoms with van der Waals surface area (Å²) in [6.07, 6.45) is 5.23. The first-order valence-corrected chi connectivity index (χ1v) is 6.94. The Labute approximate surface area is 110 Å². The van der Waals surface area contributed by atoms with Gasteiger partial charge in [0.25, 0.3) is 5.91 Å². The number of fused-ring (bicyclic) bond motifs is 1. The molecule has 0 atom stereocenters. The third-order valence-electron chi connectivity index (χ3n) is 3.13. The van der Waals surface area contributed by atoms with E-state index in [1.165, 1.54) is 16.9 Å². The molecule has 1 N–H and O–H groups in total. The minimum atomic E-state index is 0.0139. The lowest BCUT2D eigenvalue weighted by atomic mass is 10.2. The van der Waals surface area contributed by atoms with Crippen LogP contribution >= 0.6 is 11.3 Å². The highest BCUT2D eigenvalue weighted by Gasteiger charge is 2.18. The van der Waals surface area contributed by atoms with Gasteiger partial charge in [-0.15, -0.1) is 11.3 Å². The monoisotopic (exact) mass is 258 g/mol. The Kier molecular flexibility index (Phi) is 3.11. The maximum atomic E-state index is 12.0. The van der Waals surface area contributed by atoms with Gasteiger partial charge in [0, 0.05) is 11.1 Å². The molecule has 0 unspecified atom stereocenters. The summed E-state index contributed by atoms with van der Waals surface area (Å²) in [5.41, 5.74) is 2.25. The lowest BCUT2D eigenvalue weighted by Gasteiger charge is -2.02. The predicted molar refractivity (Wildman–Crippen MR) is 71.8 cm³/mol. The summed E-state index contributed by atoms with van der Waals surface area (Å²) in [5.74, 6) is 0.0139. The molecule has 0 saturated carbocycles. The number of hydrogen-bond donors (Lipinski definition) is 1. The van der Waals surface area contributed by atoms with Crippen LogP contribution in [0.15, 0.2) is 30.5 Å². The van der Waals surface area contributed by atoms with Gasteiger partial charge in [-0.2, -0.15) is 0 Å². The minimum Gasteiger partial charge on any atom is -0.346 e. The van der Waals surface area contributed by atoms with E-state index in [1.807, 2.05) is 24.3 Å². The van der Waals surface area contributed by atoms with E-state index in [-0.39, 0.29) is 5.91 Å². The van der Waals surface area contributed by atoms with Crippen LogP contribution in [0.3, 0.4) is 0 Å². The van der Waals surface area contributed by atoms with E-state index >= 15 is 0 Å². The zero-order chi connectivity index (χ0) is 12.4. The highest BCUT2D eigenvalue weighted by molar-refractivity contribution is 7.14. The Balaban J connectivity index is 1.64. The van der Waals surface area contributed by atoms with Crippen molar-refractivity contribution in [3.8, 4) is 0 Å². The van der Waals surface area contributed by atoms with Crippen LogP contribution in [-0.4, -0.2) is 10.9 Å². The summed E-state index contributed by atoms with van der Waals surface area (Å²) >= 11 is 1.63. The molecule has 18 heavy (non-hydrogen) atoms. The van der Waals surface area contributed by atoms with Gasteiger partial charge in [-0.1, -0.05) is 6.07 Å². The number of rotatable bonds is 3. The highest BCUT2D eigenvalue weighted by Crippen LogP contribution is 2.30. The number of amides is 1. The van der Waals surface area contributed by atoms with Crippen LogP contribution in [0.25, 0.3) is 0 Å². The second kappa shape index (κ2) is 4.90. The third-order valence-corrected chi connectivity index (χ3v) is 4.36. The summed E-state index contributed by atoms with van der Waals surface area (Å²) in [4.78, 5) is 18.4. The molecule has 4 heteroatoms. The van der Waals surface area contributed by atoms with Gasteiger partial charge in [-0.05, 0) is 43.0 Å². The molecule has 0 radical (unpaired) electrons. The van der Waals surface area contributed by atoms with E-state index in [2.05, 4.69) is 10.3 Å². The Morgan fingerprint density at radius 1 is 1.39 bits per heavy atom. The standard InChI is InChI=1S/C14H14N2OS/c17-14(16-9-11-5-1-2-7-15-11)13-8-10-4-3-6-12(10)18-13/h1-2,5,7-8H,3-4,6,9H2,(H,16,17). The molecule has 3 nitrogen and oxygen atoms in total. The first kappa shape index (κ1) is 11.4. The fourth-order valence-corrected chi connectivity index (χ4v) is 3.37. The number of aryl methyl sites for hydroxylation is 2. The van der Waals surface area contributed by atoms with Gasteiger partial charge in [0.2, 0.25) is 0 Å². The number of nitrogens with zero attached hydrogens (tertiary/aromatic N) is 1. The largest absolute Gasteiger partial charge is 0.346 e. The Bertz CT molecular complexity index is 541. The molecular formula is C14H14N2OS. The molecule has 1 aliphatic rings. The molecule has 0 aliphatic heterocycles. The molecule has 2 aromatic rings. The molecule has 0 bridgehead atoms. The quantitative estimate of drug-likeness (QED) is 0.919. The van der Waals surface area contributed by atoms with Crippen molar-refractivity contribution in [3.05, 3.63) is 51.5 Å². The number of hydrogen-bond acceptors (Lipinski definition) is 3. The first-order valence-electron chi connectivity index (χ1n) is 6.12. The van der Waals surface area contributed by atoms with Gasteiger partial charge in [0.05, 0.1) is 17.1 Å². The number of aromatic nitrogens is 1. The topological polar surface area (TPSA) is 42.0 Å². The van der Waals surface area contributed by atoms with Crippen LogP contribution in [-0.2, 0) is 19.4 Å². The maximum Gasteiger partial charge on any atom is 0.261 e. The van der Waals surface area contributed by atoms with Crippen LogP contribution in [0.1, 0.15) is 32.2 Å². The molecule has 2 heterocycles. The van der Waals surface area contributed by atoms with Crippen molar-refractivity contribution in [3.63, 3.8) is 0 Å². The molecule has 0 saturated heterocycles. The van der Waals surface area contributed by atoms with Gasteiger partial charge in [0.1, 0.15) is 0 Å². The van der Waals surface area contributed by atoms with E-state index < -0.39 is 0 Å². The van der Waals surface area contributed by atoms with Crippen LogP contribution in [0.5, 0.6) is 0 Å². The Hall–Kier alpha value is -1.68. The van der Waals surface area contributed by atoms with Crippen molar-refractivity contribution >= 4 is 17.2 Å². The molecule has 2 aromatic heterocycles. The summed E-state index contributed by atoms with van der Waals surface area (Å²) in [6.45, 7) is 0.488. The predicted octanol–water partition coefficient (Wildman–Crippen LogP) is 2.56. The summed E-state index contributed by atoms with van der Waals surface area (Å²) in [5, 5.41) is 2.91. The maximum absolute atomic E-state index is 12.0. The summed E-state index contributed by atoms with van der Waals surface area (Å²) < 4.78 is 0. The second-order valence-corrected chi connectivity index (χ2v) is 5.55. The molecule has 1 amide bonds. The van der Waals surface area contributed by atoms with Gasteiger partial charge < -0.3 is 5.32 Å². The second-order valence-electron chi connectivity index (χ2n) is 4.42. The SMILES string of the molecule is O=C(NCc1ccccn1)c1cc2c(s1)CCC2. The van der Waals surface area contributed by atoms with Crippen molar-refractivity contribution in [1.82, 2.24) is 10.3 Å². The molecular weight excluding hydrogens is 244 g/mol. The Morgan fingerprint density at radius 2 is 2.33 bits per heavy atom. The fraction of sp³-hybridized carbons (Fsp3) is 0.286. The lowest BCUT2D eigenvalue weighted by molar-refractivity contribution is 0.0954. The van der Waals surface area contributed by atoms with Gasteiger partial charge in [-0.25, -0.2) is 0 Å². The van der Waals surface area contributed by atoms with Crippen molar-refractivity contribution < 1.29 is 4.79 Å². The minimum absolute atomic E-state index is 0.0139. The van der Waals surface area contributed by atoms with E-state index in [0.717, 1.165) is 23.4 Å². The zero-order valence-electron chi connectivity index (χ0n) is 9.98. The smallest absolute Gasteiger partial charge is 0.261 e. The molecule has 1 aliphatic carbocycles. The van der Waals surface area contributed by atoms with E-state index in [0.29, 0.717) is 6.54 Å². The van der Waals surface area contributed by atoms with Gasteiger partial charge >= 0.3 is 0 Å². The van der Waals surface area contributed by atoms with Crippen molar-refractivity contribution in [2.24, 2.45) is 0 Å².